The van der Waals surface area contributed by atoms with Crippen LogP contribution >= 0.6 is 12.4 Å². The summed E-state index contributed by atoms with van der Waals surface area (Å²) in [5.74, 6) is 0. The monoisotopic (exact) mass is 269 g/mol. The number of hydrogen-bond donors (Lipinski definition) is 1. The molecule has 2 aromatic heterocycles. The predicted molar refractivity (Wildman–Crippen MR) is 73.7 cm³/mol. The van der Waals surface area contributed by atoms with Crippen LogP contribution in [-0.4, -0.2) is 19.6 Å². The minimum atomic E-state index is 0. The SMILES string of the molecule is Cc1cnn(C)c1CNCc1cn(C)nc1C.Cl. The molecule has 0 unspecified atom stereocenters. The molecule has 0 radical (unpaired) electrons. The number of nitrogens with zero attached hydrogens (tertiary/aromatic N) is 4. The van der Waals surface area contributed by atoms with E-state index >= 15 is 0 Å². The zero-order chi connectivity index (χ0) is 12.4. The molecule has 0 amide bonds. The van der Waals surface area contributed by atoms with Gasteiger partial charge in [0.05, 0.1) is 17.6 Å². The average molecular weight is 270 g/mol. The zero-order valence-corrected chi connectivity index (χ0v) is 12.1. The van der Waals surface area contributed by atoms with Crippen LogP contribution in [0.1, 0.15) is 22.5 Å². The molecule has 6 heteroatoms. The number of aromatic nitrogens is 4. The van der Waals surface area contributed by atoms with Crippen LogP contribution < -0.4 is 5.32 Å². The number of rotatable bonds is 4. The topological polar surface area (TPSA) is 47.7 Å². The van der Waals surface area contributed by atoms with Crippen LogP contribution in [0.15, 0.2) is 12.4 Å². The minimum absolute atomic E-state index is 0. The first-order chi connectivity index (χ1) is 8.08. The Bertz CT molecular complexity index is 495. The van der Waals surface area contributed by atoms with E-state index in [0.717, 1.165) is 18.8 Å². The normalized spacial score (nSPS) is 10.4. The van der Waals surface area contributed by atoms with E-state index in [4.69, 9.17) is 0 Å². The van der Waals surface area contributed by atoms with Crippen molar-refractivity contribution in [3.8, 4) is 0 Å². The zero-order valence-electron chi connectivity index (χ0n) is 11.3. The lowest BCUT2D eigenvalue weighted by Gasteiger charge is -2.05. The highest BCUT2D eigenvalue weighted by Crippen LogP contribution is 2.07. The van der Waals surface area contributed by atoms with Crippen molar-refractivity contribution in [1.29, 1.82) is 0 Å². The van der Waals surface area contributed by atoms with Gasteiger partial charge in [0.15, 0.2) is 0 Å². The largest absolute Gasteiger partial charge is 0.307 e. The number of aryl methyl sites for hydroxylation is 4. The molecular formula is C12H20ClN5. The molecule has 5 nitrogen and oxygen atoms in total. The molecule has 2 heterocycles. The number of halogens is 1. The van der Waals surface area contributed by atoms with Crippen molar-refractivity contribution in [2.24, 2.45) is 14.1 Å². The summed E-state index contributed by atoms with van der Waals surface area (Å²) in [5, 5.41) is 12.0. The van der Waals surface area contributed by atoms with Crippen LogP contribution in [0.4, 0.5) is 0 Å². The Balaban J connectivity index is 0.00000162. The molecule has 0 aliphatic rings. The smallest absolute Gasteiger partial charge is 0.0638 e. The van der Waals surface area contributed by atoms with Gasteiger partial charge in [-0.05, 0) is 19.4 Å². The maximum atomic E-state index is 4.32. The minimum Gasteiger partial charge on any atom is -0.307 e. The lowest BCUT2D eigenvalue weighted by Crippen LogP contribution is -2.16. The molecule has 0 atom stereocenters. The second-order valence-electron chi connectivity index (χ2n) is 4.41. The van der Waals surface area contributed by atoms with E-state index in [0.29, 0.717) is 0 Å². The summed E-state index contributed by atoms with van der Waals surface area (Å²) in [6.07, 6.45) is 3.95. The Labute approximate surface area is 114 Å². The van der Waals surface area contributed by atoms with E-state index < -0.39 is 0 Å². The molecule has 0 aliphatic heterocycles. The lowest BCUT2D eigenvalue weighted by atomic mass is 10.2. The molecule has 1 N–H and O–H groups in total. The molecule has 0 aromatic carbocycles. The van der Waals surface area contributed by atoms with Crippen LogP contribution in [0.2, 0.25) is 0 Å². The third kappa shape index (κ3) is 3.11. The quantitative estimate of drug-likeness (QED) is 0.915. The van der Waals surface area contributed by atoms with Gasteiger partial charge in [-0.2, -0.15) is 10.2 Å². The molecule has 18 heavy (non-hydrogen) atoms. The second kappa shape index (κ2) is 6.02. The van der Waals surface area contributed by atoms with Crippen LogP contribution in [0.25, 0.3) is 0 Å². The van der Waals surface area contributed by atoms with E-state index in [1.54, 1.807) is 0 Å². The summed E-state index contributed by atoms with van der Waals surface area (Å²) >= 11 is 0. The predicted octanol–water partition coefficient (Wildman–Crippen LogP) is 1.48. The maximum Gasteiger partial charge on any atom is 0.0638 e. The summed E-state index contributed by atoms with van der Waals surface area (Å²) in [4.78, 5) is 0. The molecule has 0 saturated carbocycles. The first kappa shape index (κ1) is 14.7. The Morgan fingerprint density at radius 3 is 2.44 bits per heavy atom. The molecule has 100 valence electrons. The average Bonchev–Trinajstić information content (AvgIpc) is 2.74. The number of hydrogen-bond acceptors (Lipinski definition) is 3. The van der Waals surface area contributed by atoms with Crippen LogP contribution in [0.5, 0.6) is 0 Å². The van der Waals surface area contributed by atoms with Gasteiger partial charge in [-0.25, -0.2) is 0 Å². The van der Waals surface area contributed by atoms with Crippen molar-refractivity contribution < 1.29 is 0 Å². The van der Waals surface area contributed by atoms with E-state index in [1.807, 2.05) is 36.6 Å². The Hall–Kier alpha value is -1.33. The van der Waals surface area contributed by atoms with Crippen molar-refractivity contribution in [1.82, 2.24) is 24.9 Å². The first-order valence-electron chi connectivity index (χ1n) is 5.75. The Morgan fingerprint density at radius 1 is 1.22 bits per heavy atom. The highest BCUT2D eigenvalue weighted by Gasteiger charge is 2.05. The highest BCUT2D eigenvalue weighted by atomic mass is 35.5. The third-order valence-electron chi connectivity index (χ3n) is 2.99. The van der Waals surface area contributed by atoms with Gasteiger partial charge >= 0.3 is 0 Å². The third-order valence-corrected chi connectivity index (χ3v) is 2.99. The van der Waals surface area contributed by atoms with Gasteiger partial charge in [-0.1, -0.05) is 0 Å². The maximum absolute atomic E-state index is 4.32. The Kier molecular flexibility index (Phi) is 4.93. The summed E-state index contributed by atoms with van der Waals surface area (Å²) in [6.45, 7) is 5.78. The molecule has 2 rings (SSSR count). The highest BCUT2D eigenvalue weighted by molar-refractivity contribution is 5.85. The van der Waals surface area contributed by atoms with E-state index in [2.05, 4.69) is 28.6 Å². The lowest BCUT2D eigenvalue weighted by molar-refractivity contribution is 0.622. The molecule has 2 aromatic rings. The molecule has 0 fully saturated rings. The molecule has 0 aliphatic carbocycles. The van der Waals surface area contributed by atoms with Gasteiger partial charge in [-0.3, -0.25) is 9.36 Å². The van der Waals surface area contributed by atoms with Gasteiger partial charge in [0.1, 0.15) is 0 Å². The van der Waals surface area contributed by atoms with Gasteiger partial charge < -0.3 is 5.32 Å². The second-order valence-corrected chi connectivity index (χ2v) is 4.41. The van der Waals surface area contributed by atoms with Gasteiger partial charge in [0.25, 0.3) is 0 Å². The summed E-state index contributed by atoms with van der Waals surface area (Å²) < 4.78 is 3.76. The van der Waals surface area contributed by atoms with E-state index in [-0.39, 0.29) is 12.4 Å². The van der Waals surface area contributed by atoms with Crippen molar-refractivity contribution in [2.45, 2.75) is 26.9 Å². The fraction of sp³-hybridized carbons (Fsp3) is 0.500. The van der Waals surface area contributed by atoms with Crippen LogP contribution in [-0.2, 0) is 27.2 Å². The standard InChI is InChI=1S/C12H19N5.ClH/c1-9-5-14-17(4)12(9)7-13-6-11-8-16(3)15-10(11)2;/h5,8,13H,6-7H2,1-4H3;1H. The molecular weight excluding hydrogens is 250 g/mol. The van der Waals surface area contributed by atoms with Crippen LogP contribution in [0.3, 0.4) is 0 Å². The van der Waals surface area contributed by atoms with Crippen molar-refractivity contribution in [2.75, 3.05) is 0 Å². The summed E-state index contributed by atoms with van der Waals surface area (Å²) in [7, 11) is 3.92. The molecule has 0 spiro atoms. The van der Waals surface area contributed by atoms with Gasteiger partial charge in [0, 0.05) is 38.9 Å². The van der Waals surface area contributed by atoms with Crippen LogP contribution in [0, 0.1) is 13.8 Å². The Morgan fingerprint density at radius 2 is 1.94 bits per heavy atom. The molecule has 0 bridgehead atoms. The first-order valence-corrected chi connectivity index (χ1v) is 5.75. The van der Waals surface area contributed by atoms with Crippen molar-refractivity contribution in [3.63, 3.8) is 0 Å². The van der Waals surface area contributed by atoms with E-state index in [9.17, 15) is 0 Å². The van der Waals surface area contributed by atoms with Crippen molar-refractivity contribution >= 4 is 12.4 Å². The molecule has 0 saturated heterocycles. The van der Waals surface area contributed by atoms with Gasteiger partial charge in [-0.15, -0.1) is 12.4 Å². The fourth-order valence-corrected chi connectivity index (χ4v) is 1.96. The van der Waals surface area contributed by atoms with E-state index in [1.165, 1.54) is 16.8 Å². The van der Waals surface area contributed by atoms with Gasteiger partial charge in [0.2, 0.25) is 0 Å². The van der Waals surface area contributed by atoms with Crippen molar-refractivity contribution in [3.05, 3.63) is 34.9 Å². The summed E-state index contributed by atoms with van der Waals surface area (Å²) in [5.41, 5.74) is 4.78. The number of nitrogens with one attached hydrogen (secondary N) is 1. The summed E-state index contributed by atoms with van der Waals surface area (Å²) in [6, 6.07) is 0. The fourth-order valence-electron chi connectivity index (χ4n) is 1.96.